The summed E-state index contributed by atoms with van der Waals surface area (Å²) >= 11 is 0. The minimum absolute atomic E-state index is 0.0160. The molecule has 0 heterocycles. The summed E-state index contributed by atoms with van der Waals surface area (Å²) in [6.45, 7) is 11.6. The third kappa shape index (κ3) is 1.91. The van der Waals surface area contributed by atoms with Gasteiger partial charge in [-0.3, -0.25) is 9.59 Å². The second-order valence-corrected chi connectivity index (χ2v) is 5.22. The van der Waals surface area contributed by atoms with Crippen molar-refractivity contribution < 1.29 is 14.3 Å². The van der Waals surface area contributed by atoms with Gasteiger partial charge >= 0.3 is 5.97 Å². The van der Waals surface area contributed by atoms with Crippen molar-refractivity contribution in [2.24, 2.45) is 16.7 Å². The fraction of sp³-hybridized carbons (Fsp3) is 0.692. The Hall–Kier alpha value is -1.12. The number of carbonyl (C=O) groups excluding carboxylic acids is 2. The second-order valence-electron chi connectivity index (χ2n) is 5.22. The first-order valence-corrected chi connectivity index (χ1v) is 5.63. The standard InChI is InChI=1S/C13H20O3/c1-6-9(11(15)16-7-2)10(14)13(5)8-12(13,3)4/h6,9H,1,7-8H2,2-5H3/t9?,13-/m0/s1. The minimum Gasteiger partial charge on any atom is -0.465 e. The van der Waals surface area contributed by atoms with Gasteiger partial charge in [0, 0.05) is 5.41 Å². The third-order valence-corrected chi connectivity index (χ3v) is 3.77. The van der Waals surface area contributed by atoms with Crippen molar-refractivity contribution >= 4 is 11.8 Å². The lowest BCUT2D eigenvalue weighted by Gasteiger charge is -2.18. The highest BCUT2D eigenvalue weighted by atomic mass is 16.5. The first kappa shape index (κ1) is 12.9. The Morgan fingerprint density at radius 2 is 1.94 bits per heavy atom. The van der Waals surface area contributed by atoms with E-state index in [1.807, 2.05) is 20.8 Å². The molecule has 0 aromatic rings. The lowest BCUT2D eigenvalue weighted by atomic mass is 9.86. The molecule has 3 heteroatoms. The molecule has 0 spiro atoms. The molecule has 1 aliphatic carbocycles. The maximum Gasteiger partial charge on any atom is 0.320 e. The monoisotopic (exact) mass is 224 g/mol. The molecule has 1 unspecified atom stereocenters. The van der Waals surface area contributed by atoms with Crippen molar-refractivity contribution in [2.75, 3.05) is 6.61 Å². The van der Waals surface area contributed by atoms with E-state index in [2.05, 4.69) is 6.58 Å². The highest BCUT2D eigenvalue weighted by molar-refractivity contribution is 6.05. The zero-order valence-corrected chi connectivity index (χ0v) is 10.5. The van der Waals surface area contributed by atoms with Gasteiger partial charge in [-0.05, 0) is 18.8 Å². The van der Waals surface area contributed by atoms with E-state index in [1.165, 1.54) is 6.08 Å². The number of rotatable bonds is 5. The Labute approximate surface area is 96.9 Å². The molecule has 1 saturated carbocycles. The number of ketones is 1. The second kappa shape index (κ2) is 4.04. The van der Waals surface area contributed by atoms with Crippen LogP contribution in [0.15, 0.2) is 12.7 Å². The van der Waals surface area contributed by atoms with E-state index in [-0.39, 0.29) is 17.8 Å². The summed E-state index contributed by atoms with van der Waals surface area (Å²) < 4.78 is 4.88. The first-order valence-electron chi connectivity index (χ1n) is 5.63. The third-order valence-electron chi connectivity index (χ3n) is 3.77. The lowest BCUT2D eigenvalue weighted by Crippen LogP contribution is -2.31. The number of carbonyl (C=O) groups is 2. The summed E-state index contributed by atoms with van der Waals surface area (Å²) in [5.74, 6) is -1.36. The van der Waals surface area contributed by atoms with Crippen LogP contribution < -0.4 is 0 Å². The van der Waals surface area contributed by atoms with Crippen LogP contribution in [-0.4, -0.2) is 18.4 Å². The molecular formula is C13H20O3. The van der Waals surface area contributed by atoms with E-state index in [0.29, 0.717) is 0 Å². The number of hydrogen-bond acceptors (Lipinski definition) is 3. The fourth-order valence-corrected chi connectivity index (χ4v) is 2.15. The molecule has 0 aromatic heterocycles. The molecule has 0 bridgehead atoms. The molecule has 16 heavy (non-hydrogen) atoms. The van der Waals surface area contributed by atoms with Crippen molar-refractivity contribution in [2.45, 2.75) is 34.1 Å². The van der Waals surface area contributed by atoms with Crippen LogP contribution in [0.2, 0.25) is 0 Å². The van der Waals surface area contributed by atoms with E-state index in [4.69, 9.17) is 4.74 Å². The molecule has 0 saturated heterocycles. The van der Waals surface area contributed by atoms with Gasteiger partial charge in [-0.1, -0.05) is 26.8 Å². The Kier molecular flexibility index (Phi) is 3.27. The van der Waals surface area contributed by atoms with Gasteiger partial charge in [0.15, 0.2) is 5.78 Å². The van der Waals surface area contributed by atoms with Crippen LogP contribution in [0.25, 0.3) is 0 Å². The zero-order valence-electron chi connectivity index (χ0n) is 10.5. The van der Waals surface area contributed by atoms with Crippen LogP contribution in [0, 0.1) is 16.7 Å². The van der Waals surface area contributed by atoms with Gasteiger partial charge in [-0.25, -0.2) is 0 Å². The molecule has 0 radical (unpaired) electrons. The van der Waals surface area contributed by atoms with E-state index in [1.54, 1.807) is 6.92 Å². The van der Waals surface area contributed by atoms with Gasteiger partial charge < -0.3 is 4.74 Å². The van der Waals surface area contributed by atoms with Gasteiger partial charge in [0.1, 0.15) is 5.92 Å². The summed E-state index contributed by atoms with van der Waals surface area (Å²) in [4.78, 5) is 23.8. The molecule has 3 nitrogen and oxygen atoms in total. The largest absolute Gasteiger partial charge is 0.465 e. The van der Waals surface area contributed by atoms with Crippen LogP contribution in [0.5, 0.6) is 0 Å². The highest BCUT2D eigenvalue weighted by Crippen LogP contribution is 2.64. The van der Waals surface area contributed by atoms with Crippen LogP contribution in [0.3, 0.4) is 0 Å². The Bertz CT molecular complexity index is 330. The predicted octanol–water partition coefficient (Wildman–Crippen LogP) is 2.36. The van der Waals surface area contributed by atoms with Gasteiger partial charge in [0.25, 0.3) is 0 Å². The van der Waals surface area contributed by atoms with Crippen molar-refractivity contribution in [3.05, 3.63) is 12.7 Å². The summed E-state index contributed by atoms with van der Waals surface area (Å²) in [6.07, 6.45) is 2.21. The summed E-state index contributed by atoms with van der Waals surface area (Å²) in [6, 6.07) is 0. The van der Waals surface area contributed by atoms with Crippen molar-refractivity contribution in [1.82, 2.24) is 0 Å². The molecule has 1 fully saturated rings. The van der Waals surface area contributed by atoms with Crippen LogP contribution in [0.4, 0.5) is 0 Å². The minimum atomic E-state index is -0.813. The van der Waals surface area contributed by atoms with Crippen molar-refractivity contribution in [3.63, 3.8) is 0 Å². The normalized spacial score (nSPS) is 28.0. The average molecular weight is 224 g/mol. The van der Waals surface area contributed by atoms with Crippen LogP contribution in [-0.2, 0) is 14.3 Å². The maximum absolute atomic E-state index is 12.2. The lowest BCUT2D eigenvalue weighted by molar-refractivity contribution is -0.151. The molecule has 1 aliphatic rings. The smallest absolute Gasteiger partial charge is 0.320 e. The Morgan fingerprint density at radius 3 is 2.25 bits per heavy atom. The van der Waals surface area contributed by atoms with E-state index < -0.39 is 17.3 Å². The quantitative estimate of drug-likeness (QED) is 0.409. The van der Waals surface area contributed by atoms with E-state index in [0.717, 1.165) is 6.42 Å². The van der Waals surface area contributed by atoms with Gasteiger partial charge in [-0.2, -0.15) is 0 Å². The number of Topliss-reactive ketones (excluding diaryl/α,β-unsaturated/α-hetero) is 1. The molecule has 0 aromatic carbocycles. The number of esters is 1. The fourth-order valence-electron chi connectivity index (χ4n) is 2.15. The highest BCUT2D eigenvalue weighted by Gasteiger charge is 2.63. The predicted molar refractivity (Wildman–Crippen MR) is 61.8 cm³/mol. The molecule has 0 amide bonds. The first-order chi connectivity index (χ1) is 7.30. The molecule has 2 atom stereocenters. The summed E-state index contributed by atoms with van der Waals surface area (Å²) in [7, 11) is 0. The topological polar surface area (TPSA) is 43.4 Å². The summed E-state index contributed by atoms with van der Waals surface area (Å²) in [5.41, 5.74) is -0.420. The Morgan fingerprint density at radius 1 is 1.44 bits per heavy atom. The molecular weight excluding hydrogens is 204 g/mol. The maximum atomic E-state index is 12.2. The van der Waals surface area contributed by atoms with E-state index >= 15 is 0 Å². The van der Waals surface area contributed by atoms with Crippen LogP contribution >= 0.6 is 0 Å². The van der Waals surface area contributed by atoms with Gasteiger partial charge in [0.05, 0.1) is 6.61 Å². The number of hydrogen-bond donors (Lipinski definition) is 0. The SMILES string of the molecule is C=CC(C(=O)OCC)C(=O)[C@]1(C)CC1(C)C. The van der Waals surface area contributed by atoms with Crippen molar-refractivity contribution in [3.8, 4) is 0 Å². The average Bonchev–Trinajstić information content (AvgIpc) is 2.69. The molecule has 90 valence electrons. The molecule has 0 aliphatic heterocycles. The molecule has 0 N–H and O–H groups in total. The Balaban J connectivity index is 2.80. The van der Waals surface area contributed by atoms with Crippen molar-refractivity contribution in [1.29, 1.82) is 0 Å². The zero-order chi connectivity index (χ0) is 12.6. The van der Waals surface area contributed by atoms with Gasteiger partial charge in [-0.15, -0.1) is 6.58 Å². The van der Waals surface area contributed by atoms with Crippen LogP contribution in [0.1, 0.15) is 34.1 Å². The van der Waals surface area contributed by atoms with Gasteiger partial charge in [0.2, 0.25) is 0 Å². The molecule has 1 rings (SSSR count). The number of ether oxygens (including phenoxy) is 1. The van der Waals surface area contributed by atoms with E-state index in [9.17, 15) is 9.59 Å². The summed E-state index contributed by atoms with van der Waals surface area (Å²) in [5, 5.41) is 0.